The lowest BCUT2D eigenvalue weighted by molar-refractivity contribution is 0.182. The second-order valence-electron chi connectivity index (χ2n) is 6.09. The molecule has 1 heterocycles. The van der Waals surface area contributed by atoms with E-state index in [-0.39, 0.29) is 6.54 Å². The van der Waals surface area contributed by atoms with Crippen LogP contribution in [0.15, 0.2) is 47.9 Å². The summed E-state index contributed by atoms with van der Waals surface area (Å²) in [5.74, 6) is 0.831. The van der Waals surface area contributed by atoms with E-state index in [4.69, 9.17) is 4.74 Å². The Kier molecular flexibility index (Phi) is 5.22. The van der Waals surface area contributed by atoms with E-state index in [1.807, 2.05) is 43.3 Å². The molecule has 0 fully saturated rings. The fraction of sp³-hybridized carbons (Fsp3) is 0.263. The van der Waals surface area contributed by atoms with Crippen molar-refractivity contribution >= 4 is 16.1 Å². The van der Waals surface area contributed by atoms with Gasteiger partial charge in [0.15, 0.2) is 0 Å². The Hall–Kier alpha value is -2.15. The van der Waals surface area contributed by atoms with E-state index < -0.39 is 16.1 Å². The summed E-state index contributed by atoms with van der Waals surface area (Å²) in [5, 5.41) is 11.4. The lowest BCUT2D eigenvalue weighted by Gasteiger charge is -2.12. The van der Waals surface area contributed by atoms with Gasteiger partial charge in [-0.15, -0.1) is 0 Å². The monoisotopic (exact) mass is 359 g/mol. The highest BCUT2D eigenvalue weighted by atomic mass is 32.2. The third-order valence-corrected chi connectivity index (χ3v) is 5.16. The molecular formula is C19H21NO4S. The number of benzene rings is 2. The van der Waals surface area contributed by atoms with Crippen molar-refractivity contribution in [1.82, 2.24) is 4.72 Å². The summed E-state index contributed by atoms with van der Waals surface area (Å²) >= 11 is 0. The number of sulfonamides is 1. The zero-order valence-corrected chi connectivity index (χ0v) is 14.8. The normalized spacial score (nSPS) is 15.1. The first-order chi connectivity index (χ1) is 11.9. The number of nitrogens with one attached hydrogen (secondary N) is 1. The van der Waals surface area contributed by atoms with Gasteiger partial charge in [0.05, 0.1) is 12.7 Å². The van der Waals surface area contributed by atoms with Crippen LogP contribution < -0.4 is 9.46 Å². The van der Waals surface area contributed by atoms with Crippen LogP contribution in [0.3, 0.4) is 0 Å². The van der Waals surface area contributed by atoms with E-state index in [1.165, 1.54) is 6.08 Å². The lowest BCUT2D eigenvalue weighted by atomic mass is 10.0. The molecule has 2 aromatic rings. The standard InChI is InChI=1S/C19H21NO4S/c1-14-2-4-15(5-3-14)9-11-25(22,23)20-13-18(21)16-6-7-19-17(12-16)8-10-24-19/h2-7,9,11-12,18,20-21H,8,10,13H2,1H3/b11-9+. The van der Waals surface area contributed by atoms with Crippen LogP contribution in [0.1, 0.15) is 28.4 Å². The van der Waals surface area contributed by atoms with E-state index in [0.717, 1.165) is 34.3 Å². The number of hydrogen-bond acceptors (Lipinski definition) is 4. The van der Waals surface area contributed by atoms with Crippen LogP contribution in [0.2, 0.25) is 0 Å². The number of hydrogen-bond donors (Lipinski definition) is 2. The van der Waals surface area contributed by atoms with E-state index in [9.17, 15) is 13.5 Å². The fourth-order valence-electron chi connectivity index (χ4n) is 2.62. The van der Waals surface area contributed by atoms with Crippen LogP contribution in [-0.2, 0) is 16.4 Å². The second-order valence-corrected chi connectivity index (χ2v) is 7.74. The number of ether oxygens (including phenoxy) is 1. The van der Waals surface area contributed by atoms with Gasteiger partial charge in [0.25, 0.3) is 0 Å². The maximum atomic E-state index is 12.1. The molecule has 1 aliphatic heterocycles. The first-order valence-electron chi connectivity index (χ1n) is 8.11. The molecule has 0 saturated heterocycles. The van der Waals surface area contributed by atoms with Crippen molar-refractivity contribution in [3.05, 3.63) is 70.1 Å². The Bertz CT molecular complexity index is 873. The van der Waals surface area contributed by atoms with Gasteiger partial charge in [-0.2, -0.15) is 0 Å². The Morgan fingerprint density at radius 1 is 1.24 bits per heavy atom. The summed E-state index contributed by atoms with van der Waals surface area (Å²) in [7, 11) is -3.62. The number of rotatable bonds is 6. The molecule has 1 unspecified atom stereocenters. The molecule has 1 atom stereocenters. The SMILES string of the molecule is Cc1ccc(/C=C/S(=O)(=O)NCC(O)c2ccc3c(c2)CCO3)cc1. The van der Waals surface area contributed by atoms with E-state index >= 15 is 0 Å². The minimum absolute atomic E-state index is 0.0831. The number of aryl methyl sites for hydroxylation is 1. The van der Waals surface area contributed by atoms with Crippen LogP contribution >= 0.6 is 0 Å². The van der Waals surface area contributed by atoms with Crippen LogP contribution in [0.4, 0.5) is 0 Å². The summed E-state index contributed by atoms with van der Waals surface area (Å²) < 4.78 is 32.0. The van der Waals surface area contributed by atoms with Gasteiger partial charge in [0, 0.05) is 18.4 Å². The van der Waals surface area contributed by atoms with Crippen molar-refractivity contribution < 1.29 is 18.3 Å². The molecule has 0 bridgehead atoms. The molecular weight excluding hydrogens is 338 g/mol. The molecule has 2 aromatic carbocycles. The van der Waals surface area contributed by atoms with Gasteiger partial charge in [0.1, 0.15) is 5.75 Å². The van der Waals surface area contributed by atoms with Crippen LogP contribution in [0.5, 0.6) is 5.75 Å². The molecule has 1 aliphatic rings. The van der Waals surface area contributed by atoms with Crippen LogP contribution in [-0.4, -0.2) is 26.7 Å². The highest BCUT2D eigenvalue weighted by Gasteiger charge is 2.16. The van der Waals surface area contributed by atoms with Crippen molar-refractivity contribution in [3.8, 4) is 5.75 Å². The van der Waals surface area contributed by atoms with E-state index in [0.29, 0.717) is 12.2 Å². The fourth-order valence-corrected chi connectivity index (χ4v) is 3.44. The van der Waals surface area contributed by atoms with Gasteiger partial charge in [-0.3, -0.25) is 0 Å². The van der Waals surface area contributed by atoms with Crippen molar-refractivity contribution in [2.75, 3.05) is 13.2 Å². The largest absolute Gasteiger partial charge is 0.493 e. The zero-order valence-electron chi connectivity index (χ0n) is 14.0. The Morgan fingerprint density at radius 2 is 2.00 bits per heavy atom. The molecule has 6 heteroatoms. The maximum absolute atomic E-state index is 12.1. The summed E-state index contributed by atoms with van der Waals surface area (Å²) in [5.41, 5.74) is 3.63. The summed E-state index contributed by atoms with van der Waals surface area (Å²) in [6.45, 7) is 2.53. The summed E-state index contributed by atoms with van der Waals surface area (Å²) in [6.07, 6.45) is 1.43. The number of fused-ring (bicyclic) bond motifs is 1. The number of aliphatic hydroxyl groups is 1. The summed E-state index contributed by atoms with van der Waals surface area (Å²) in [6, 6.07) is 13.0. The van der Waals surface area contributed by atoms with Gasteiger partial charge < -0.3 is 9.84 Å². The highest BCUT2D eigenvalue weighted by molar-refractivity contribution is 7.92. The van der Waals surface area contributed by atoms with Crippen LogP contribution in [0.25, 0.3) is 6.08 Å². The first kappa shape index (κ1) is 17.7. The smallest absolute Gasteiger partial charge is 0.233 e. The third-order valence-electron chi connectivity index (χ3n) is 4.09. The molecule has 0 aliphatic carbocycles. The topological polar surface area (TPSA) is 75.6 Å². The number of aliphatic hydroxyl groups excluding tert-OH is 1. The molecule has 0 radical (unpaired) electrons. The summed E-state index contributed by atoms with van der Waals surface area (Å²) in [4.78, 5) is 0. The van der Waals surface area contributed by atoms with Crippen molar-refractivity contribution in [2.24, 2.45) is 0 Å². The quantitative estimate of drug-likeness (QED) is 0.831. The molecule has 3 rings (SSSR count). The van der Waals surface area contributed by atoms with E-state index in [2.05, 4.69) is 4.72 Å². The Balaban J connectivity index is 1.60. The molecule has 0 saturated carbocycles. The molecule has 2 N–H and O–H groups in total. The molecule has 0 amide bonds. The maximum Gasteiger partial charge on any atom is 0.233 e. The van der Waals surface area contributed by atoms with Gasteiger partial charge in [-0.1, -0.05) is 35.9 Å². The molecule has 0 spiro atoms. The van der Waals surface area contributed by atoms with Gasteiger partial charge in [0.2, 0.25) is 10.0 Å². The zero-order chi connectivity index (χ0) is 17.9. The third kappa shape index (κ3) is 4.69. The predicted octanol–water partition coefficient (Wildman–Crippen LogP) is 2.55. The van der Waals surface area contributed by atoms with Crippen molar-refractivity contribution in [2.45, 2.75) is 19.4 Å². The van der Waals surface area contributed by atoms with Crippen LogP contribution in [0, 0.1) is 6.92 Å². The molecule has 25 heavy (non-hydrogen) atoms. The predicted molar refractivity (Wildman–Crippen MR) is 97.7 cm³/mol. The van der Waals surface area contributed by atoms with Crippen molar-refractivity contribution in [3.63, 3.8) is 0 Å². The Morgan fingerprint density at radius 3 is 2.76 bits per heavy atom. The average molecular weight is 359 g/mol. The minimum atomic E-state index is -3.62. The van der Waals surface area contributed by atoms with Gasteiger partial charge >= 0.3 is 0 Å². The van der Waals surface area contributed by atoms with Crippen molar-refractivity contribution in [1.29, 1.82) is 0 Å². The highest BCUT2D eigenvalue weighted by Crippen LogP contribution is 2.28. The molecule has 0 aromatic heterocycles. The Labute approximate surface area is 148 Å². The van der Waals surface area contributed by atoms with Gasteiger partial charge in [-0.25, -0.2) is 13.1 Å². The average Bonchev–Trinajstić information content (AvgIpc) is 3.07. The minimum Gasteiger partial charge on any atom is -0.493 e. The molecule has 5 nitrogen and oxygen atoms in total. The van der Waals surface area contributed by atoms with E-state index in [1.54, 1.807) is 6.07 Å². The first-order valence-corrected chi connectivity index (χ1v) is 9.66. The van der Waals surface area contributed by atoms with Gasteiger partial charge in [-0.05, 0) is 41.8 Å². The lowest BCUT2D eigenvalue weighted by Crippen LogP contribution is -2.26. The molecule has 132 valence electrons. The second kappa shape index (κ2) is 7.39.